The molecule has 126 valence electrons. The molecule has 2 N–H and O–H groups in total. The van der Waals surface area contributed by atoms with Gasteiger partial charge in [0.25, 0.3) is 11.2 Å². The molecule has 0 saturated carbocycles. The molecule has 10 heteroatoms. The van der Waals surface area contributed by atoms with Crippen LogP contribution in [0.1, 0.15) is 0 Å². The molecule has 1 aromatic heterocycles. The minimum atomic E-state index is -0.510. The average Bonchev–Trinajstić information content (AvgIpc) is 2.95. The van der Waals surface area contributed by atoms with E-state index in [1.807, 2.05) is 0 Å². The smallest absolute Gasteiger partial charge is 0.292 e. The van der Waals surface area contributed by atoms with Crippen molar-refractivity contribution >= 4 is 40.3 Å². The minimum absolute atomic E-state index is 0.00448. The van der Waals surface area contributed by atoms with Crippen LogP contribution in [-0.2, 0) is 0 Å². The summed E-state index contributed by atoms with van der Waals surface area (Å²) in [6.45, 7) is 0. The van der Waals surface area contributed by atoms with E-state index in [2.05, 4.69) is 20.4 Å². The lowest BCUT2D eigenvalue weighted by Gasteiger charge is -2.00. The van der Waals surface area contributed by atoms with Crippen molar-refractivity contribution in [3.8, 4) is 11.3 Å². The van der Waals surface area contributed by atoms with E-state index < -0.39 is 10.5 Å². The highest BCUT2D eigenvalue weighted by molar-refractivity contribution is 6.38. The van der Waals surface area contributed by atoms with E-state index in [4.69, 9.17) is 23.2 Å². The van der Waals surface area contributed by atoms with Gasteiger partial charge >= 0.3 is 0 Å². The first-order chi connectivity index (χ1) is 12.0. The summed E-state index contributed by atoms with van der Waals surface area (Å²) < 4.78 is 0. The second kappa shape index (κ2) is 6.88. The van der Waals surface area contributed by atoms with Gasteiger partial charge in [0.1, 0.15) is 5.69 Å². The molecule has 0 unspecified atom stereocenters. The number of benzene rings is 2. The number of aromatic amines is 2. The fourth-order valence-corrected chi connectivity index (χ4v) is 2.56. The van der Waals surface area contributed by atoms with Gasteiger partial charge < -0.3 is 0 Å². The van der Waals surface area contributed by atoms with Gasteiger partial charge in [0, 0.05) is 17.7 Å². The third-order valence-corrected chi connectivity index (χ3v) is 3.92. The number of rotatable bonds is 4. The van der Waals surface area contributed by atoms with Crippen molar-refractivity contribution < 1.29 is 4.92 Å². The second-order valence-corrected chi connectivity index (χ2v) is 5.69. The number of non-ortho nitro benzene ring substituents is 1. The molecule has 25 heavy (non-hydrogen) atoms. The van der Waals surface area contributed by atoms with Crippen LogP contribution < -0.4 is 5.56 Å². The monoisotopic (exact) mass is 377 g/mol. The van der Waals surface area contributed by atoms with Crippen molar-refractivity contribution in [3.05, 3.63) is 73.0 Å². The first kappa shape index (κ1) is 16.9. The van der Waals surface area contributed by atoms with E-state index in [0.717, 1.165) is 0 Å². The van der Waals surface area contributed by atoms with Crippen molar-refractivity contribution in [1.29, 1.82) is 0 Å². The average molecular weight is 378 g/mol. The predicted octanol–water partition coefficient (Wildman–Crippen LogP) is 5.00. The number of hydrogen-bond donors (Lipinski definition) is 2. The molecule has 0 aliphatic rings. The molecule has 8 nitrogen and oxygen atoms in total. The Morgan fingerprint density at radius 1 is 0.920 bits per heavy atom. The van der Waals surface area contributed by atoms with Crippen LogP contribution in [0.2, 0.25) is 10.0 Å². The summed E-state index contributed by atoms with van der Waals surface area (Å²) in [7, 11) is 0. The first-order valence-electron chi connectivity index (χ1n) is 6.88. The third-order valence-electron chi connectivity index (χ3n) is 3.31. The zero-order valence-electron chi connectivity index (χ0n) is 12.4. The maximum Gasteiger partial charge on any atom is 0.292 e. The van der Waals surface area contributed by atoms with Crippen LogP contribution in [0, 0.1) is 10.1 Å². The number of azo groups is 1. The quantitative estimate of drug-likeness (QED) is 0.378. The molecule has 0 bridgehead atoms. The zero-order chi connectivity index (χ0) is 18.0. The highest BCUT2D eigenvalue weighted by Gasteiger charge is 2.14. The molecule has 0 aliphatic carbocycles. The maximum absolute atomic E-state index is 12.0. The molecule has 2 aromatic carbocycles. The first-order valence-corrected chi connectivity index (χ1v) is 7.64. The Balaban J connectivity index is 2.01. The SMILES string of the molecule is O=c1[nH][nH]c(-c2ccc([N+](=O)[O-])cc2)c1N=Nc1c(Cl)cccc1Cl. The van der Waals surface area contributed by atoms with Crippen molar-refractivity contribution in [2.75, 3.05) is 0 Å². The fraction of sp³-hybridized carbons (Fsp3) is 0. The van der Waals surface area contributed by atoms with Crippen molar-refractivity contribution in [2.24, 2.45) is 10.2 Å². The molecule has 0 spiro atoms. The number of hydrogen-bond acceptors (Lipinski definition) is 5. The van der Waals surface area contributed by atoms with Crippen LogP contribution in [0.5, 0.6) is 0 Å². The van der Waals surface area contributed by atoms with Gasteiger partial charge in [-0.05, 0) is 24.3 Å². The van der Waals surface area contributed by atoms with Crippen LogP contribution in [-0.4, -0.2) is 15.1 Å². The van der Waals surface area contributed by atoms with Crippen molar-refractivity contribution in [3.63, 3.8) is 0 Å². The lowest BCUT2D eigenvalue weighted by Crippen LogP contribution is -1.96. The van der Waals surface area contributed by atoms with Gasteiger partial charge in [-0.3, -0.25) is 25.1 Å². The largest absolute Gasteiger partial charge is 0.295 e. The van der Waals surface area contributed by atoms with Crippen LogP contribution in [0.15, 0.2) is 57.5 Å². The van der Waals surface area contributed by atoms with E-state index in [1.165, 1.54) is 24.3 Å². The maximum atomic E-state index is 12.0. The molecule has 0 radical (unpaired) electrons. The molecular weight excluding hydrogens is 369 g/mol. The van der Waals surface area contributed by atoms with Gasteiger partial charge in [-0.15, -0.1) is 10.2 Å². The van der Waals surface area contributed by atoms with Gasteiger partial charge in [-0.25, -0.2) is 0 Å². The summed E-state index contributed by atoms with van der Waals surface area (Å²) in [5, 5.41) is 24.3. The third kappa shape index (κ3) is 3.44. The Labute approximate surface area is 150 Å². The summed E-state index contributed by atoms with van der Waals surface area (Å²) in [6, 6.07) is 10.5. The lowest BCUT2D eigenvalue weighted by atomic mass is 10.1. The van der Waals surface area contributed by atoms with Crippen molar-refractivity contribution in [1.82, 2.24) is 10.2 Å². The summed E-state index contributed by atoms with van der Waals surface area (Å²) in [5.41, 5.74) is 0.550. The van der Waals surface area contributed by atoms with E-state index >= 15 is 0 Å². The highest BCUT2D eigenvalue weighted by atomic mass is 35.5. The summed E-state index contributed by atoms with van der Waals surface area (Å²) in [4.78, 5) is 22.2. The Morgan fingerprint density at radius 3 is 2.12 bits per heavy atom. The van der Waals surface area contributed by atoms with Crippen LogP contribution >= 0.6 is 23.2 Å². The van der Waals surface area contributed by atoms with Crippen LogP contribution in [0.3, 0.4) is 0 Å². The molecule has 0 saturated heterocycles. The Morgan fingerprint density at radius 2 is 1.52 bits per heavy atom. The predicted molar refractivity (Wildman–Crippen MR) is 94.1 cm³/mol. The van der Waals surface area contributed by atoms with Gasteiger partial charge in [0.2, 0.25) is 0 Å². The Bertz CT molecular complexity index is 1000. The van der Waals surface area contributed by atoms with E-state index in [9.17, 15) is 14.9 Å². The van der Waals surface area contributed by atoms with E-state index in [0.29, 0.717) is 21.3 Å². The summed E-state index contributed by atoms with van der Waals surface area (Å²) in [6.07, 6.45) is 0. The molecule has 0 amide bonds. The van der Waals surface area contributed by atoms with E-state index in [-0.39, 0.29) is 17.1 Å². The van der Waals surface area contributed by atoms with E-state index in [1.54, 1.807) is 18.2 Å². The van der Waals surface area contributed by atoms with Gasteiger partial charge in [-0.2, -0.15) is 0 Å². The number of aromatic nitrogens is 2. The summed E-state index contributed by atoms with van der Waals surface area (Å²) in [5.74, 6) is 0. The van der Waals surface area contributed by atoms with Crippen LogP contribution in [0.4, 0.5) is 17.1 Å². The van der Waals surface area contributed by atoms with Gasteiger partial charge in [0.15, 0.2) is 5.69 Å². The summed E-state index contributed by atoms with van der Waals surface area (Å²) >= 11 is 12.0. The van der Waals surface area contributed by atoms with Gasteiger partial charge in [-0.1, -0.05) is 29.3 Å². The lowest BCUT2D eigenvalue weighted by molar-refractivity contribution is -0.384. The van der Waals surface area contributed by atoms with Crippen LogP contribution in [0.25, 0.3) is 11.3 Å². The number of nitrogens with one attached hydrogen (secondary N) is 2. The molecule has 1 heterocycles. The molecule has 3 rings (SSSR count). The molecule has 0 aliphatic heterocycles. The molecule has 0 atom stereocenters. The molecule has 0 fully saturated rings. The van der Waals surface area contributed by atoms with Gasteiger partial charge in [0.05, 0.1) is 20.7 Å². The number of nitro benzene ring substituents is 1. The molecular formula is C15H9Cl2N5O3. The highest BCUT2D eigenvalue weighted by Crippen LogP contribution is 2.35. The number of halogens is 2. The zero-order valence-corrected chi connectivity index (χ0v) is 13.9. The number of H-pyrrole nitrogens is 2. The Kier molecular flexibility index (Phi) is 4.64. The minimum Gasteiger partial charge on any atom is -0.295 e. The van der Waals surface area contributed by atoms with Crippen molar-refractivity contribution in [2.45, 2.75) is 0 Å². The normalized spacial score (nSPS) is 11.1. The fourth-order valence-electron chi connectivity index (χ4n) is 2.09. The molecule has 3 aromatic rings. The topological polar surface area (TPSA) is 117 Å². The number of nitro groups is 1. The Hall–Kier alpha value is -2.97. The standard InChI is InChI=1S/C15H9Cl2N5O3/c16-10-2-1-3-11(17)13(10)19-20-14-12(18-21-15(14)23)8-4-6-9(7-5-8)22(24)25/h1-7H,(H2,18,21,23). The number of nitrogens with zero attached hydrogens (tertiary/aromatic N) is 3. The second-order valence-electron chi connectivity index (χ2n) is 4.88.